The van der Waals surface area contributed by atoms with Gasteiger partial charge in [0.1, 0.15) is 0 Å². The third kappa shape index (κ3) is 4.99. The fraction of sp³-hybridized carbons (Fsp3) is 0.222. The van der Waals surface area contributed by atoms with E-state index in [1.54, 1.807) is 0 Å². The molecular formula is C27H28NO3P. The van der Waals surface area contributed by atoms with Gasteiger partial charge in [0.15, 0.2) is 0 Å². The number of nitrogens with zero attached hydrogens (tertiary/aromatic N) is 1. The molecule has 0 aliphatic carbocycles. The van der Waals surface area contributed by atoms with Crippen LogP contribution in [0.3, 0.4) is 0 Å². The van der Waals surface area contributed by atoms with Crippen LogP contribution in [-0.4, -0.2) is 18.2 Å². The largest absolute Gasteiger partial charge is 0.335 e. The number of benzene rings is 3. The maximum Gasteiger partial charge on any atom is 0.335 e. The van der Waals surface area contributed by atoms with E-state index in [0.29, 0.717) is 13.2 Å². The summed E-state index contributed by atoms with van der Waals surface area (Å²) in [6, 6.07) is 26.9. The van der Waals surface area contributed by atoms with Crippen molar-refractivity contribution in [1.82, 2.24) is 4.98 Å². The molecular weight excluding hydrogens is 417 g/mol. The monoisotopic (exact) mass is 445 g/mol. The van der Waals surface area contributed by atoms with E-state index >= 15 is 0 Å². The molecule has 0 aliphatic rings. The van der Waals surface area contributed by atoms with Crippen LogP contribution in [0.15, 0.2) is 78.9 Å². The Morgan fingerprint density at radius 2 is 1.50 bits per heavy atom. The standard InChI is InChI=1S/C27H28NO3P/c1-4-30-32(29,31-5-2)19-21-12-14-23(15-13-21)26-18-25(22-9-7-6-8-10-22)24-16-11-20(3)17-27(24)28-26/h6-18H,4-5,19H2,1-3H3. The van der Waals surface area contributed by atoms with E-state index in [4.69, 9.17) is 14.0 Å². The highest BCUT2D eigenvalue weighted by atomic mass is 31.2. The average molecular weight is 445 g/mol. The SMILES string of the molecule is CCOP(=O)(Cc1ccc(-c2cc(-c3ccccc3)c3ccc(C)cc3n2)cc1)OCC. The molecule has 0 amide bonds. The molecule has 3 aromatic carbocycles. The lowest BCUT2D eigenvalue weighted by atomic mass is 9.97. The van der Waals surface area contributed by atoms with Crippen LogP contribution in [0.2, 0.25) is 0 Å². The lowest BCUT2D eigenvalue weighted by molar-refractivity contribution is 0.219. The Hall–Kier alpha value is -2.78. The normalized spacial score (nSPS) is 11.7. The number of fused-ring (bicyclic) bond motifs is 1. The van der Waals surface area contributed by atoms with Crippen molar-refractivity contribution in [3.05, 3.63) is 90.0 Å². The van der Waals surface area contributed by atoms with Gasteiger partial charge >= 0.3 is 7.60 Å². The van der Waals surface area contributed by atoms with Crippen molar-refractivity contribution in [3.63, 3.8) is 0 Å². The number of hydrogen-bond acceptors (Lipinski definition) is 4. The smallest absolute Gasteiger partial charge is 0.309 e. The van der Waals surface area contributed by atoms with E-state index < -0.39 is 7.60 Å². The highest BCUT2D eigenvalue weighted by molar-refractivity contribution is 7.53. The van der Waals surface area contributed by atoms with Crippen LogP contribution in [0.25, 0.3) is 33.3 Å². The topological polar surface area (TPSA) is 48.4 Å². The van der Waals surface area contributed by atoms with Gasteiger partial charge in [-0.1, -0.05) is 66.7 Å². The summed E-state index contributed by atoms with van der Waals surface area (Å²) in [6.45, 7) is 6.45. The van der Waals surface area contributed by atoms with Gasteiger partial charge in [-0.2, -0.15) is 0 Å². The molecule has 5 heteroatoms. The van der Waals surface area contributed by atoms with Gasteiger partial charge in [0.05, 0.1) is 30.6 Å². The molecule has 0 bridgehead atoms. The van der Waals surface area contributed by atoms with E-state index in [9.17, 15) is 4.57 Å². The summed E-state index contributed by atoms with van der Waals surface area (Å²) in [5.74, 6) is 0. The third-order valence-electron chi connectivity index (χ3n) is 5.33. The van der Waals surface area contributed by atoms with Gasteiger partial charge in [-0.3, -0.25) is 4.57 Å². The molecule has 0 saturated heterocycles. The second-order valence-electron chi connectivity index (χ2n) is 7.74. The van der Waals surface area contributed by atoms with E-state index in [1.165, 1.54) is 5.56 Å². The zero-order valence-electron chi connectivity index (χ0n) is 18.7. The number of rotatable bonds is 8. The molecule has 1 heterocycles. The van der Waals surface area contributed by atoms with Gasteiger partial charge in [-0.05, 0) is 55.2 Å². The van der Waals surface area contributed by atoms with Crippen molar-refractivity contribution in [1.29, 1.82) is 0 Å². The summed E-state index contributed by atoms with van der Waals surface area (Å²) >= 11 is 0. The van der Waals surface area contributed by atoms with E-state index in [0.717, 1.165) is 38.9 Å². The Labute approximate surface area is 189 Å². The van der Waals surface area contributed by atoms with E-state index in [-0.39, 0.29) is 6.16 Å². The molecule has 0 N–H and O–H groups in total. The highest BCUT2D eigenvalue weighted by Gasteiger charge is 2.24. The Balaban J connectivity index is 1.73. The number of hydrogen-bond donors (Lipinski definition) is 0. The lowest BCUT2D eigenvalue weighted by Gasteiger charge is -2.17. The Morgan fingerprint density at radius 3 is 2.16 bits per heavy atom. The van der Waals surface area contributed by atoms with Crippen molar-refractivity contribution in [3.8, 4) is 22.4 Å². The summed E-state index contributed by atoms with van der Waals surface area (Å²) in [6.07, 6.45) is 0.259. The van der Waals surface area contributed by atoms with Gasteiger partial charge in [0.25, 0.3) is 0 Å². The van der Waals surface area contributed by atoms with Crippen molar-refractivity contribution >= 4 is 18.5 Å². The minimum absolute atomic E-state index is 0.259. The summed E-state index contributed by atoms with van der Waals surface area (Å²) in [5, 5.41) is 1.14. The molecule has 0 unspecified atom stereocenters. The van der Waals surface area contributed by atoms with Crippen molar-refractivity contribution in [2.45, 2.75) is 26.9 Å². The molecule has 1 aromatic heterocycles. The second-order valence-corrected chi connectivity index (χ2v) is 9.80. The molecule has 4 aromatic rings. The fourth-order valence-corrected chi connectivity index (χ4v) is 5.57. The molecule has 32 heavy (non-hydrogen) atoms. The minimum atomic E-state index is -3.13. The number of pyridine rings is 1. The quantitative estimate of drug-likeness (QED) is 0.261. The van der Waals surface area contributed by atoms with Gasteiger partial charge < -0.3 is 9.05 Å². The number of aryl methyl sites for hydroxylation is 1. The van der Waals surface area contributed by atoms with Crippen LogP contribution in [0.4, 0.5) is 0 Å². The van der Waals surface area contributed by atoms with Crippen molar-refractivity contribution < 1.29 is 13.6 Å². The molecule has 0 atom stereocenters. The first-order valence-corrected chi connectivity index (χ1v) is 12.7. The van der Waals surface area contributed by atoms with Crippen LogP contribution >= 0.6 is 7.60 Å². The van der Waals surface area contributed by atoms with Crippen LogP contribution < -0.4 is 0 Å². The second kappa shape index (κ2) is 9.79. The minimum Gasteiger partial charge on any atom is -0.309 e. The Kier molecular flexibility index (Phi) is 6.86. The third-order valence-corrected chi connectivity index (χ3v) is 7.38. The highest BCUT2D eigenvalue weighted by Crippen LogP contribution is 2.51. The first-order valence-electron chi connectivity index (χ1n) is 11.0. The lowest BCUT2D eigenvalue weighted by Crippen LogP contribution is -1.99. The molecule has 0 fully saturated rings. The average Bonchev–Trinajstić information content (AvgIpc) is 2.79. The maximum atomic E-state index is 12.9. The van der Waals surface area contributed by atoms with Gasteiger partial charge in [-0.15, -0.1) is 0 Å². The first kappa shape index (κ1) is 22.4. The van der Waals surface area contributed by atoms with Crippen LogP contribution in [0, 0.1) is 6.92 Å². The number of aromatic nitrogens is 1. The summed E-state index contributed by atoms with van der Waals surface area (Å²) in [7, 11) is -3.13. The Morgan fingerprint density at radius 1 is 0.812 bits per heavy atom. The summed E-state index contributed by atoms with van der Waals surface area (Å²) in [4.78, 5) is 4.95. The van der Waals surface area contributed by atoms with Crippen LogP contribution in [-0.2, 0) is 19.8 Å². The van der Waals surface area contributed by atoms with E-state index in [1.807, 2.05) is 44.2 Å². The Bertz CT molecular complexity index is 1240. The fourth-order valence-electron chi connectivity index (χ4n) is 3.87. The molecule has 0 radical (unpaired) electrons. The first-order chi connectivity index (χ1) is 15.5. The molecule has 4 rings (SSSR count). The van der Waals surface area contributed by atoms with Gasteiger partial charge in [-0.25, -0.2) is 4.98 Å². The molecule has 164 valence electrons. The molecule has 4 nitrogen and oxygen atoms in total. The van der Waals surface area contributed by atoms with Gasteiger partial charge in [0.2, 0.25) is 0 Å². The molecule has 0 saturated carbocycles. The zero-order chi connectivity index (χ0) is 22.6. The maximum absolute atomic E-state index is 12.9. The van der Waals surface area contributed by atoms with Crippen molar-refractivity contribution in [2.24, 2.45) is 0 Å². The zero-order valence-corrected chi connectivity index (χ0v) is 19.6. The van der Waals surface area contributed by atoms with Gasteiger partial charge in [0, 0.05) is 10.9 Å². The predicted octanol–water partition coefficient (Wildman–Crippen LogP) is 7.64. The molecule has 0 aliphatic heterocycles. The van der Waals surface area contributed by atoms with Crippen LogP contribution in [0.1, 0.15) is 25.0 Å². The van der Waals surface area contributed by atoms with Crippen molar-refractivity contribution in [2.75, 3.05) is 13.2 Å². The summed E-state index contributed by atoms with van der Waals surface area (Å²) in [5.41, 5.74) is 7.31. The molecule has 0 spiro atoms. The summed E-state index contributed by atoms with van der Waals surface area (Å²) < 4.78 is 23.7. The van der Waals surface area contributed by atoms with E-state index in [2.05, 4.69) is 55.5 Å². The predicted molar refractivity (Wildman–Crippen MR) is 132 cm³/mol. The van der Waals surface area contributed by atoms with Crippen LogP contribution in [0.5, 0.6) is 0 Å².